The van der Waals surface area contributed by atoms with Gasteiger partial charge in [-0.3, -0.25) is 9.78 Å². The van der Waals surface area contributed by atoms with Gasteiger partial charge in [-0.1, -0.05) is 36.4 Å². The average Bonchev–Trinajstić information content (AvgIpc) is 3.11. The molecule has 1 N–H and O–H groups in total. The number of nitrogens with one attached hydrogen (secondary N) is 1. The number of carbonyl (C=O) groups excluding carboxylic acids is 1. The molecule has 1 amide bonds. The van der Waals surface area contributed by atoms with Gasteiger partial charge in [0.05, 0.1) is 10.4 Å². The first-order valence-corrected chi connectivity index (χ1v) is 10.1. The SMILES string of the molecule is Cc1c(C(=O)Nc2ccc3ccccc3n2)sc2c(-c3ccncc3)cccc12. The minimum atomic E-state index is -0.132. The molecule has 3 aromatic heterocycles. The summed E-state index contributed by atoms with van der Waals surface area (Å²) >= 11 is 1.52. The normalized spacial score (nSPS) is 11.1. The Morgan fingerprint density at radius 2 is 1.76 bits per heavy atom. The zero-order chi connectivity index (χ0) is 19.8. The van der Waals surface area contributed by atoms with Gasteiger partial charge in [0, 0.05) is 22.5 Å². The monoisotopic (exact) mass is 395 g/mol. The lowest BCUT2D eigenvalue weighted by Gasteiger charge is -2.05. The van der Waals surface area contributed by atoms with Crippen LogP contribution in [0.4, 0.5) is 5.82 Å². The first kappa shape index (κ1) is 17.5. The maximum Gasteiger partial charge on any atom is 0.267 e. The standard InChI is InChI=1S/C24H17N3OS/c1-15-18-6-4-7-19(16-11-13-25-14-12-16)23(18)29-22(15)24(28)27-21-10-9-17-5-2-3-8-20(17)26-21/h2-14H,1H3,(H,26,27,28). The van der Waals surface area contributed by atoms with Gasteiger partial charge in [-0.2, -0.15) is 0 Å². The van der Waals surface area contributed by atoms with E-state index in [9.17, 15) is 4.79 Å². The summed E-state index contributed by atoms with van der Waals surface area (Å²) in [5, 5.41) is 5.11. The Hall–Kier alpha value is -3.57. The molecule has 140 valence electrons. The summed E-state index contributed by atoms with van der Waals surface area (Å²) in [7, 11) is 0. The first-order valence-electron chi connectivity index (χ1n) is 9.30. The number of nitrogens with zero attached hydrogens (tertiary/aromatic N) is 2. The molecule has 4 nitrogen and oxygen atoms in total. The molecule has 0 aliphatic carbocycles. The largest absolute Gasteiger partial charge is 0.306 e. The summed E-state index contributed by atoms with van der Waals surface area (Å²) in [6, 6.07) is 21.8. The van der Waals surface area contributed by atoms with E-state index in [1.165, 1.54) is 11.3 Å². The van der Waals surface area contributed by atoms with Crippen molar-refractivity contribution in [1.82, 2.24) is 9.97 Å². The van der Waals surface area contributed by atoms with Crippen molar-refractivity contribution in [2.75, 3.05) is 5.32 Å². The Morgan fingerprint density at radius 3 is 2.62 bits per heavy atom. The van der Waals surface area contributed by atoms with Crippen LogP contribution in [0, 0.1) is 6.92 Å². The fraction of sp³-hybridized carbons (Fsp3) is 0.0417. The van der Waals surface area contributed by atoms with Crippen LogP contribution in [-0.4, -0.2) is 15.9 Å². The fourth-order valence-electron chi connectivity index (χ4n) is 3.53. The number of aromatic nitrogens is 2. The van der Waals surface area contributed by atoms with Crippen LogP contribution in [0.1, 0.15) is 15.2 Å². The van der Waals surface area contributed by atoms with Crippen molar-refractivity contribution in [2.45, 2.75) is 6.92 Å². The maximum atomic E-state index is 13.0. The van der Waals surface area contributed by atoms with E-state index in [4.69, 9.17) is 0 Å². The molecule has 5 heteroatoms. The molecule has 0 saturated carbocycles. The molecule has 0 aliphatic rings. The molecule has 5 rings (SSSR count). The smallest absolute Gasteiger partial charge is 0.267 e. The number of amides is 1. The van der Waals surface area contributed by atoms with E-state index in [-0.39, 0.29) is 5.91 Å². The molecule has 5 aromatic rings. The molecule has 3 heterocycles. The Morgan fingerprint density at radius 1 is 0.931 bits per heavy atom. The van der Waals surface area contributed by atoms with Crippen LogP contribution in [-0.2, 0) is 0 Å². The van der Waals surface area contributed by atoms with E-state index in [0.29, 0.717) is 10.7 Å². The first-order chi connectivity index (χ1) is 14.2. The minimum absolute atomic E-state index is 0.132. The lowest BCUT2D eigenvalue weighted by molar-refractivity contribution is 0.102. The highest BCUT2D eigenvalue weighted by molar-refractivity contribution is 7.21. The van der Waals surface area contributed by atoms with E-state index < -0.39 is 0 Å². The van der Waals surface area contributed by atoms with Gasteiger partial charge in [-0.15, -0.1) is 11.3 Å². The molecule has 0 aliphatic heterocycles. The van der Waals surface area contributed by atoms with Crippen LogP contribution in [0.3, 0.4) is 0 Å². The van der Waals surface area contributed by atoms with Crippen molar-refractivity contribution >= 4 is 44.1 Å². The zero-order valence-corrected chi connectivity index (χ0v) is 16.5. The van der Waals surface area contributed by atoms with Gasteiger partial charge in [-0.05, 0) is 59.3 Å². The number of hydrogen-bond acceptors (Lipinski definition) is 4. The van der Waals surface area contributed by atoms with Gasteiger partial charge in [0.1, 0.15) is 5.82 Å². The van der Waals surface area contributed by atoms with Crippen molar-refractivity contribution in [3.05, 3.63) is 89.6 Å². The maximum absolute atomic E-state index is 13.0. The Balaban J connectivity index is 1.54. The second-order valence-corrected chi connectivity index (χ2v) is 7.84. The summed E-state index contributed by atoms with van der Waals surface area (Å²) < 4.78 is 1.10. The van der Waals surface area contributed by atoms with Gasteiger partial charge in [0.15, 0.2) is 0 Å². The lowest BCUT2D eigenvalue weighted by Crippen LogP contribution is -2.12. The van der Waals surface area contributed by atoms with Gasteiger partial charge in [-0.25, -0.2) is 4.98 Å². The molecule has 0 fully saturated rings. The summed E-state index contributed by atoms with van der Waals surface area (Å²) in [5.74, 6) is 0.423. The number of fused-ring (bicyclic) bond motifs is 2. The van der Waals surface area contributed by atoms with Crippen LogP contribution >= 0.6 is 11.3 Å². The highest BCUT2D eigenvalue weighted by Gasteiger charge is 2.18. The zero-order valence-electron chi connectivity index (χ0n) is 15.7. The van der Waals surface area contributed by atoms with Gasteiger partial charge in [0.25, 0.3) is 5.91 Å². The van der Waals surface area contributed by atoms with E-state index in [1.54, 1.807) is 12.4 Å². The van der Waals surface area contributed by atoms with Crippen LogP contribution in [0.2, 0.25) is 0 Å². The third-order valence-electron chi connectivity index (χ3n) is 5.00. The number of carbonyl (C=O) groups is 1. The van der Waals surface area contributed by atoms with Crippen molar-refractivity contribution < 1.29 is 4.79 Å². The molecule has 0 unspecified atom stereocenters. The van der Waals surface area contributed by atoms with E-state index in [2.05, 4.69) is 27.4 Å². The van der Waals surface area contributed by atoms with Crippen LogP contribution in [0.15, 0.2) is 79.1 Å². The molecule has 0 radical (unpaired) electrons. The second kappa shape index (κ2) is 7.11. The molecule has 2 aromatic carbocycles. The third-order valence-corrected chi connectivity index (χ3v) is 6.34. The van der Waals surface area contributed by atoms with Crippen molar-refractivity contribution in [3.63, 3.8) is 0 Å². The quantitative estimate of drug-likeness (QED) is 0.403. The van der Waals surface area contributed by atoms with Crippen molar-refractivity contribution in [3.8, 4) is 11.1 Å². The molecule has 0 bridgehead atoms. The summed E-state index contributed by atoms with van der Waals surface area (Å²) in [6.07, 6.45) is 3.57. The van der Waals surface area contributed by atoms with Gasteiger partial charge >= 0.3 is 0 Å². The molecular formula is C24H17N3OS. The number of pyridine rings is 2. The summed E-state index contributed by atoms with van der Waals surface area (Å²) in [4.78, 5) is 22.4. The predicted octanol–water partition coefficient (Wildman–Crippen LogP) is 6.07. The number of rotatable bonds is 3. The molecule has 29 heavy (non-hydrogen) atoms. The molecule has 0 spiro atoms. The number of aryl methyl sites for hydroxylation is 1. The fourth-order valence-corrected chi connectivity index (χ4v) is 4.77. The Labute approximate surface area is 171 Å². The average molecular weight is 395 g/mol. The van der Waals surface area contributed by atoms with Crippen LogP contribution < -0.4 is 5.32 Å². The van der Waals surface area contributed by atoms with E-state index >= 15 is 0 Å². The van der Waals surface area contributed by atoms with E-state index in [0.717, 1.165) is 37.7 Å². The number of benzene rings is 2. The van der Waals surface area contributed by atoms with Gasteiger partial charge < -0.3 is 5.32 Å². The number of para-hydroxylation sites is 1. The summed E-state index contributed by atoms with van der Waals surface area (Å²) in [6.45, 7) is 2.00. The van der Waals surface area contributed by atoms with Gasteiger partial charge in [0.2, 0.25) is 0 Å². The van der Waals surface area contributed by atoms with E-state index in [1.807, 2.05) is 61.5 Å². The van der Waals surface area contributed by atoms with Crippen molar-refractivity contribution in [2.24, 2.45) is 0 Å². The number of anilines is 1. The molecule has 0 saturated heterocycles. The number of hydrogen-bond donors (Lipinski definition) is 1. The topological polar surface area (TPSA) is 54.9 Å². The molecule has 0 atom stereocenters. The van der Waals surface area contributed by atoms with Crippen molar-refractivity contribution in [1.29, 1.82) is 0 Å². The summed E-state index contributed by atoms with van der Waals surface area (Å²) in [5.41, 5.74) is 4.05. The lowest BCUT2D eigenvalue weighted by atomic mass is 10.0. The van der Waals surface area contributed by atoms with Crippen LogP contribution in [0.5, 0.6) is 0 Å². The Kier molecular flexibility index (Phi) is 4.30. The second-order valence-electron chi connectivity index (χ2n) is 6.82. The Bertz CT molecular complexity index is 1360. The third kappa shape index (κ3) is 3.15. The number of thiophene rings is 1. The highest BCUT2D eigenvalue weighted by atomic mass is 32.1. The predicted molar refractivity (Wildman–Crippen MR) is 119 cm³/mol. The minimum Gasteiger partial charge on any atom is -0.306 e. The highest BCUT2D eigenvalue weighted by Crippen LogP contribution is 2.38. The molecular weight excluding hydrogens is 378 g/mol. The van der Waals surface area contributed by atoms with Crippen LogP contribution in [0.25, 0.3) is 32.1 Å².